The van der Waals surface area contributed by atoms with Gasteiger partial charge in [0.15, 0.2) is 0 Å². The number of fused-ring (bicyclic) bond motifs is 1. The Hall–Kier alpha value is -2.11. The molecule has 4 rings (SSSR count). The number of benzene rings is 2. The van der Waals surface area contributed by atoms with Crippen molar-refractivity contribution in [3.05, 3.63) is 53.0 Å². The maximum Gasteiger partial charge on any atom is 0.123 e. The van der Waals surface area contributed by atoms with Gasteiger partial charge in [-0.3, -0.25) is 4.90 Å². The normalized spacial score (nSPS) is 17.9. The number of hydrogen-bond donors (Lipinski definition) is 0. The van der Waals surface area contributed by atoms with Gasteiger partial charge in [-0.2, -0.15) is 0 Å². The molecule has 25 heavy (non-hydrogen) atoms. The highest BCUT2D eigenvalue weighted by atomic mass is 32.1. The van der Waals surface area contributed by atoms with Crippen LogP contribution in [0.2, 0.25) is 0 Å². The molecule has 130 valence electrons. The first-order valence-corrected chi connectivity index (χ1v) is 9.40. The van der Waals surface area contributed by atoms with E-state index in [1.165, 1.54) is 21.7 Å². The van der Waals surface area contributed by atoms with E-state index in [1.54, 1.807) is 25.6 Å². The van der Waals surface area contributed by atoms with Crippen LogP contribution in [0.15, 0.2) is 42.5 Å². The highest BCUT2D eigenvalue weighted by Gasteiger charge is 2.29. The molecule has 0 radical (unpaired) electrons. The van der Waals surface area contributed by atoms with Crippen LogP contribution in [0.25, 0.3) is 10.2 Å². The van der Waals surface area contributed by atoms with Gasteiger partial charge in [-0.15, -0.1) is 11.3 Å². The van der Waals surface area contributed by atoms with Gasteiger partial charge in [0.2, 0.25) is 0 Å². The number of rotatable bonds is 5. The zero-order valence-electron chi connectivity index (χ0n) is 14.6. The van der Waals surface area contributed by atoms with Gasteiger partial charge in [0, 0.05) is 11.6 Å². The van der Waals surface area contributed by atoms with Gasteiger partial charge < -0.3 is 9.47 Å². The van der Waals surface area contributed by atoms with Crippen LogP contribution in [-0.4, -0.2) is 30.6 Å². The number of methoxy groups -OCH3 is 2. The van der Waals surface area contributed by atoms with Crippen LogP contribution >= 0.6 is 11.3 Å². The quantitative estimate of drug-likeness (QED) is 0.668. The van der Waals surface area contributed by atoms with E-state index in [2.05, 4.69) is 29.2 Å². The van der Waals surface area contributed by atoms with E-state index in [9.17, 15) is 0 Å². The van der Waals surface area contributed by atoms with Crippen molar-refractivity contribution in [3.8, 4) is 11.5 Å². The van der Waals surface area contributed by atoms with Gasteiger partial charge in [0.1, 0.15) is 16.5 Å². The Morgan fingerprint density at radius 1 is 1.16 bits per heavy atom. The lowest BCUT2D eigenvalue weighted by molar-refractivity contribution is 0.242. The Labute approximate surface area is 152 Å². The van der Waals surface area contributed by atoms with Gasteiger partial charge in [-0.05, 0) is 49.7 Å². The molecule has 1 fully saturated rings. The molecule has 1 aromatic heterocycles. The molecule has 1 aliphatic heterocycles. The summed E-state index contributed by atoms with van der Waals surface area (Å²) in [6.45, 7) is 1.96. The highest BCUT2D eigenvalue weighted by Crippen LogP contribution is 2.40. The third-order valence-electron chi connectivity index (χ3n) is 4.84. The van der Waals surface area contributed by atoms with Crippen LogP contribution in [0.1, 0.15) is 29.5 Å². The molecule has 5 heteroatoms. The lowest BCUT2D eigenvalue weighted by Gasteiger charge is -2.25. The standard InChI is InChI=1S/C20H22N2O2S/c1-23-14-9-10-18(24-2)15(12-14)17-7-5-11-22(17)13-20-21-16-6-3-4-8-19(16)25-20/h3-4,6,8-10,12,17H,5,7,11,13H2,1-2H3/t17-/m0/s1. The van der Waals surface area contributed by atoms with Crippen LogP contribution < -0.4 is 9.47 Å². The molecule has 0 amide bonds. The van der Waals surface area contributed by atoms with E-state index in [-0.39, 0.29) is 0 Å². The van der Waals surface area contributed by atoms with Gasteiger partial charge in [-0.1, -0.05) is 12.1 Å². The van der Waals surface area contributed by atoms with Crippen LogP contribution in [0.4, 0.5) is 0 Å². The Morgan fingerprint density at radius 2 is 2.04 bits per heavy atom. The monoisotopic (exact) mass is 354 g/mol. The molecular formula is C20H22N2O2S. The molecule has 1 aliphatic rings. The minimum atomic E-state index is 0.345. The summed E-state index contributed by atoms with van der Waals surface area (Å²) in [4.78, 5) is 7.31. The molecule has 0 aliphatic carbocycles. The Balaban J connectivity index is 1.62. The molecule has 0 unspecified atom stereocenters. The number of para-hydroxylation sites is 1. The van der Waals surface area contributed by atoms with Gasteiger partial charge in [0.25, 0.3) is 0 Å². The molecule has 3 aromatic rings. The molecule has 1 saturated heterocycles. The Kier molecular flexibility index (Phi) is 4.59. The Morgan fingerprint density at radius 3 is 2.84 bits per heavy atom. The minimum absolute atomic E-state index is 0.345. The van der Waals surface area contributed by atoms with E-state index in [1.807, 2.05) is 18.2 Å². The average Bonchev–Trinajstić information content (AvgIpc) is 3.27. The first-order valence-electron chi connectivity index (χ1n) is 8.59. The molecule has 0 saturated carbocycles. The second-order valence-corrected chi connectivity index (χ2v) is 7.43. The second-order valence-electron chi connectivity index (χ2n) is 6.31. The SMILES string of the molecule is COc1ccc(OC)c([C@@H]2CCCN2Cc2nc3ccccc3s2)c1. The molecule has 1 atom stereocenters. The number of thiazole rings is 1. The smallest absolute Gasteiger partial charge is 0.123 e. The fourth-order valence-corrected chi connectivity index (χ4v) is 4.62. The van der Waals surface area contributed by atoms with E-state index >= 15 is 0 Å². The zero-order chi connectivity index (χ0) is 17.2. The molecule has 2 heterocycles. The minimum Gasteiger partial charge on any atom is -0.497 e. The van der Waals surface area contributed by atoms with Gasteiger partial charge >= 0.3 is 0 Å². The largest absolute Gasteiger partial charge is 0.497 e. The third-order valence-corrected chi connectivity index (χ3v) is 5.86. The molecule has 4 nitrogen and oxygen atoms in total. The van der Waals surface area contributed by atoms with Crippen molar-refractivity contribution >= 4 is 21.6 Å². The van der Waals surface area contributed by atoms with E-state index in [0.29, 0.717) is 6.04 Å². The summed E-state index contributed by atoms with van der Waals surface area (Å²) in [5.41, 5.74) is 2.30. The number of hydrogen-bond acceptors (Lipinski definition) is 5. The number of ether oxygens (including phenoxy) is 2. The summed E-state index contributed by atoms with van der Waals surface area (Å²) in [5.74, 6) is 1.81. The summed E-state index contributed by atoms with van der Waals surface area (Å²) in [6.07, 6.45) is 2.32. The van der Waals surface area contributed by atoms with Crippen LogP contribution in [-0.2, 0) is 6.54 Å². The van der Waals surface area contributed by atoms with Crippen molar-refractivity contribution in [2.75, 3.05) is 20.8 Å². The fraction of sp³-hybridized carbons (Fsp3) is 0.350. The summed E-state index contributed by atoms with van der Waals surface area (Å²) in [6, 6.07) is 14.8. The van der Waals surface area contributed by atoms with Gasteiger partial charge in [-0.25, -0.2) is 4.98 Å². The van der Waals surface area contributed by atoms with Crippen molar-refractivity contribution in [1.82, 2.24) is 9.88 Å². The molecule has 2 aromatic carbocycles. The first-order chi connectivity index (χ1) is 12.3. The maximum absolute atomic E-state index is 5.61. The van der Waals surface area contributed by atoms with Crippen LogP contribution in [0, 0.1) is 0 Å². The van der Waals surface area contributed by atoms with Crippen molar-refractivity contribution in [2.24, 2.45) is 0 Å². The lowest BCUT2D eigenvalue weighted by Crippen LogP contribution is -2.23. The molecular weight excluding hydrogens is 332 g/mol. The molecule has 0 spiro atoms. The molecule has 0 bridgehead atoms. The predicted molar refractivity (Wildman–Crippen MR) is 102 cm³/mol. The summed E-state index contributed by atoms with van der Waals surface area (Å²) in [5, 5.41) is 1.18. The fourth-order valence-electron chi connectivity index (χ4n) is 3.63. The van der Waals surface area contributed by atoms with Crippen LogP contribution in [0.3, 0.4) is 0 Å². The van der Waals surface area contributed by atoms with Crippen molar-refractivity contribution in [3.63, 3.8) is 0 Å². The highest BCUT2D eigenvalue weighted by molar-refractivity contribution is 7.18. The summed E-state index contributed by atoms with van der Waals surface area (Å²) in [7, 11) is 3.44. The Bertz CT molecular complexity index is 844. The maximum atomic E-state index is 5.61. The van der Waals surface area contributed by atoms with E-state index < -0.39 is 0 Å². The van der Waals surface area contributed by atoms with Crippen LogP contribution in [0.5, 0.6) is 11.5 Å². The lowest BCUT2D eigenvalue weighted by atomic mass is 10.0. The predicted octanol–water partition coefficient (Wildman–Crippen LogP) is 4.65. The first kappa shape index (κ1) is 16.4. The zero-order valence-corrected chi connectivity index (χ0v) is 15.4. The number of likely N-dealkylation sites (tertiary alicyclic amines) is 1. The average molecular weight is 354 g/mol. The van der Waals surface area contributed by atoms with E-state index in [4.69, 9.17) is 14.5 Å². The molecule has 0 N–H and O–H groups in total. The number of nitrogens with zero attached hydrogens (tertiary/aromatic N) is 2. The number of aromatic nitrogens is 1. The third kappa shape index (κ3) is 3.22. The summed E-state index contributed by atoms with van der Waals surface area (Å²) < 4.78 is 12.3. The van der Waals surface area contributed by atoms with E-state index in [0.717, 1.165) is 36.5 Å². The second kappa shape index (κ2) is 7.02. The van der Waals surface area contributed by atoms with Crippen molar-refractivity contribution in [1.29, 1.82) is 0 Å². The van der Waals surface area contributed by atoms with Crippen molar-refractivity contribution < 1.29 is 9.47 Å². The van der Waals surface area contributed by atoms with Crippen molar-refractivity contribution in [2.45, 2.75) is 25.4 Å². The van der Waals surface area contributed by atoms with Gasteiger partial charge in [0.05, 0.1) is 31.0 Å². The summed E-state index contributed by atoms with van der Waals surface area (Å²) >= 11 is 1.79. The topological polar surface area (TPSA) is 34.6 Å².